The predicted molar refractivity (Wildman–Crippen MR) is 88.3 cm³/mol. The first-order valence-corrected chi connectivity index (χ1v) is 6.90. The molecule has 0 saturated carbocycles. The number of hydrogen-bond donors (Lipinski definition) is 1. The van der Waals surface area contributed by atoms with Crippen LogP contribution in [0.25, 0.3) is 0 Å². The molecular weight excluding hydrogens is 290 g/mol. The molecule has 1 aliphatic rings. The zero-order chi connectivity index (χ0) is 14.7. The topological polar surface area (TPSA) is 58.8 Å². The molecule has 1 amide bonds. The number of amides is 1. The molecule has 0 aliphatic carbocycles. The fourth-order valence-corrected chi connectivity index (χ4v) is 2.71. The summed E-state index contributed by atoms with van der Waals surface area (Å²) < 4.78 is 5.00. The van der Waals surface area contributed by atoms with Gasteiger partial charge in [0.05, 0.1) is 18.0 Å². The van der Waals surface area contributed by atoms with Crippen LogP contribution in [0, 0.1) is 5.92 Å². The van der Waals surface area contributed by atoms with E-state index >= 15 is 0 Å². The van der Waals surface area contributed by atoms with Crippen molar-refractivity contribution in [1.29, 1.82) is 0 Å². The van der Waals surface area contributed by atoms with E-state index < -0.39 is 6.04 Å². The lowest BCUT2D eigenvalue weighted by Crippen LogP contribution is -2.47. The van der Waals surface area contributed by atoms with Crippen molar-refractivity contribution >= 4 is 29.7 Å². The summed E-state index contributed by atoms with van der Waals surface area (Å²) in [5, 5.41) is 0. The Kier molecular flexibility index (Phi) is 6.45. The van der Waals surface area contributed by atoms with Crippen molar-refractivity contribution in [2.24, 2.45) is 11.7 Å². The highest BCUT2D eigenvalue weighted by atomic mass is 35.5. The Morgan fingerprint density at radius 3 is 2.62 bits per heavy atom. The Balaban J connectivity index is 0.00000220. The smallest absolute Gasteiger partial charge is 0.246 e. The normalized spacial score (nSPS) is 19.3. The molecule has 21 heavy (non-hydrogen) atoms. The number of para-hydroxylation sites is 2. The molecule has 2 rings (SSSR count). The second kappa shape index (κ2) is 7.64. The zero-order valence-electron chi connectivity index (χ0n) is 12.8. The number of carbonyl (C=O) groups excluding carboxylic acids is 1. The molecule has 1 heterocycles. The van der Waals surface area contributed by atoms with Gasteiger partial charge in [0.1, 0.15) is 6.04 Å². The SMILES string of the molecule is COCC(N)C(=O)N1CC(C)CN(C)c2ccccc21.Cl. The largest absolute Gasteiger partial charge is 0.383 e. The summed E-state index contributed by atoms with van der Waals surface area (Å²) in [5.41, 5.74) is 7.91. The van der Waals surface area contributed by atoms with Crippen LogP contribution < -0.4 is 15.5 Å². The number of halogens is 1. The van der Waals surface area contributed by atoms with Gasteiger partial charge in [-0.1, -0.05) is 19.1 Å². The number of carbonyl (C=O) groups is 1. The van der Waals surface area contributed by atoms with Gasteiger partial charge in [-0.15, -0.1) is 12.4 Å². The summed E-state index contributed by atoms with van der Waals surface area (Å²) in [5.74, 6) is 0.299. The molecule has 6 heteroatoms. The first-order chi connectivity index (χ1) is 9.54. The molecule has 1 aromatic carbocycles. The summed E-state index contributed by atoms with van der Waals surface area (Å²) in [4.78, 5) is 16.5. The van der Waals surface area contributed by atoms with Crippen molar-refractivity contribution < 1.29 is 9.53 Å². The van der Waals surface area contributed by atoms with E-state index in [4.69, 9.17) is 10.5 Å². The van der Waals surface area contributed by atoms with Crippen LogP contribution in [0.15, 0.2) is 24.3 Å². The van der Waals surface area contributed by atoms with Crippen molar-refractivity contribution in [3.05, 3.63) is 24.3 Å². The first kappa shape index (κ1) is 17.8. The van der Waals surface area contributed by atoms with Gasteiger partial charge in [-0.2, -0.15) is 0 Å². The summed E-state index contributed by atoms with van der Waals surface area (Å²) >= 11 is 0. The number of nitrogens with two attached hydrogens (primary N) is 1. The molecule has 0 aromatic heterocycles. The van der Waals surface area contributed by atoms with E-state index in [9.17, 15) is 4.79 Å². The molecule has 0 saturated heterocycles. The van der Waals surface area contributed by atoms with Crippen molar-refractivity contribution in [3.8, 4) is 0 Å². The van der Waals surface area contributed by atoms with Crippen LogP contribution >= 0.6 is 12.4 Å². The van der Waals surface area contributed by atoms with E-state index in [0.29, 0.717) is 12.5 Å². The predicted octanol–water partition coefficient (Wildman–Crippen LogP) is 1.50. The van der Waals surface area contributed by atoms with Gasteiger partial charge in [-0.05, 0) is 18.1 Å². The maximum atomic E-state index is 12.6. The summed E-state index contributed by atoms with van der Waals surface area (Å²) in [6.45, 7) is 3.98. The number of anilines is 2. The van der Waals surface area contributed by atoms with E-state index in [1.165, 1.54) is 0 Å². The van der Waals surface area contributed by atoms with Gasteiger partial charge < -0.3 is 20.3 Å². The van der Waals surface area contributed by atoms with Crippen LogP contribution in [0.2, 0.25) is 0 Å². The summed E-state index contributed by atoms with van der Waals surface area (Å²) in [6, 6.07) is 7.33. The standard InChI is InChI=1S/C15H23N3O2.ClH/c1-11-8-17(2)13-6-4-5-7-14(13)18(9-11)15(19)12(16)10-20-3;/h4-7,11-12H,8-10,16H2,1-3H3;1H. The zero-order valence-corrected chi connectivity index (χ0v) is 13.6. The molecule has 2 atom stereocenters. The van der Waals surface area contributed by atoms with E-state index in [2.05, 4.69) is 18.9 Å². The lowest BCUT2D eigenvalue weighted by atomic mass is 10.1. The minimum atomic E-state index is -0.622. The lowest BCUT2D eigenvalue weighted by molar-refractivity contribution is -0.121. The van der Waals surface area contributed by atoms with E-state index in [-0.39, 0.29) is 24.9 Å². The third kappa shape index (κ3) is 3.87. The van der Waals surface area contributed by atoms with Crippen LogP contribution in [-0.4, -0.2) is 45.8 Å². The minimum absolute atomic E-state index is 0. The molecule has 0 radical (unpaired) electrons. The number of rotatable bonds is 3. The maximum absolute atomic E-state index is 12.6. The average Bonchev–Trinajstić information content (AvgIpc) is 2.56. The minimum Gasteiger partial charge on any atom is -0.383 e. The van der Waals surface area contributed by atoms with Gasteiger partial charge in [-0.25, -0.2) is 0 Å². The van der Waals surface area contributed by atoms with Crippen LogP contribution in [0.5, 0.6) is 0 Å². The second-order valence-corrected chi connectivity index (χ2v) is 5.49. The van der Waals surface area contributed by atoms with E-state index in [1.807, 2.05) is 24.3 Å². The highest BCUT2D eigenvalue weighted by Gasteiger charge is 2.29. The fourth-order valence-electron chi connectivity index (χ4n) is 2.71. The Morgan fingerprint density at radius 2 is 2.00 bits per heavy atom. The number of nitrogens with zero attached hydrogens (tertiary/aromatic N) is 2. The maximum Gasteiger partial charge on any atom is 0.246 e. The van der Waals surface area contributed by atoms with Crippen LogP contribution in [0.1, 0.15) is 6.92 Å². The first-order valence-electron chi connectivity index (χ1n) is 6.90. The number of benzene rings is 1. The second-order valence-electron chi connectivity index (χ2n) is 5.49. The molecule has 5 nitrogen and oxygen atoms in total. The summed E-state index contributed by atoms with van der Waals surface area (Å²) in [6.07, 6.45) is 0. The molecule has 118 valence electrons. The van der Waals surface area contributed by atoms with Gasteiger partial charge in [0.15, 0.2) is 0 Å². The number of hydrogen-bond acceptors (Lipinski definition) is 4. The molecule has 2 unspecified atom stereocenters. The third-order valence-electron chi connectivity index (χ3n) is 3.59. The number of fused-ring (bicyclic) bond motifs is 1. The van der Waals surface area contributed by atoms with Gasteiger partial charge in [0, 0.05) is 27.2 Å². The highest BCUT2D eigenvalue weighted by molar-refractivity contribution is 6.00. The van der Waals surface area contributed by atoms with Crippen LogP contribution in [0.3, 0.4) is 0 Å². The Bertz CT molecular complexity index is 484. The van der Waals surface area contributed by atoms with E-state index in [1.54, 1.807) is 12.0 Å². The molecule has 2 N–H and O–H groups in total. The van der Waals surface area contributed by atoms with Crippen LogP contribution in [-0.2, 0) is 9.53 Å². The monoisotopic (exact) mass is 313 g/mol. The molecule has 1 aromatic rings. The highest BCUT2D eigenvalue weighted by Crippen LogP contribution is 2.32. The quantitative estimate of drug-likeness (QED) is 0.919. The van der Waals surface area contributed by atoms with Crippen LogP contribution in [0.4, 0.5) is 11.4 Å². The number of methoxy groups -OCH3 is 1. The average molecular weight is 314 g/mol. The Labute approximate surface area is 132 Å². The molecule has 1 aliphatic heterocycles. The fraction of sp³-hybridized carbons (Fsp3) is 0.533. The van der Waals surface area contributed by atoms with Crippen molar-refractivity contribution in [2.75, 3.05) is 43.7 Å². The van der Waals surface area contributed by atoms with Gasteiger partial charge >= 0.3 is 0 Å². The van der Waals surface area contributed by atoms with Crippen molar-refractivity contribution in [3.63, 3.8) is 0 Å². The van der Waals surface area contributed by atoms with Crippen molar-refractivity contribution in [2.45, 2.75) is 13.0 Å². The molecule has 0 spiro atoms. The summed E-state index contributed by atoms with van der Waals surface area (Å²) in [7, 11) is 3.61. The molecule has 0 fully saturated rings. The van der Waals surface area contributed by atoms with Gasteiger partial charge in [-0.3, -0.25) is 4.79 Å². The lowest BCUT2D eigenvalue weighted by Gasteiger charge is -2.27. The Morgan fingerprint density at radius 1 is 1.38 bits per heavy atom. The molecule has 0 bridgehead atoms. The van der Waals surface area contributed by atoms with Crippen molar-refractivity contribution in [1.82, 2.24) is 0 Å². The number of ether oxygens (including phenoxy) is 1. The third-order valence-corrected chi connectivity index (χ3v) is 3.59. The molecular formula is C15H24ClN3O2. The van der Waals surface area contributed by atoms with Gasteiger partial charge in [0.25, 0.3) is 0 Å². The van der Waals surface area contributed by atoms with E-state index in [0.717, 1.165) is 17.9 Å². The Hall–Kier alpha value is -1.30. The van der Waals surface area contributed by atoms with Gasteiger partial charge in [0.2, 0.25) is 5.91 Å².